The van der Waals surface area contributed by atoms with Crippen LogP contribution in [0.1, 0.15) is 60.1 Å². The Balaban J connectivity index is 0.000000179. The fourth-order valence-corrected chi connectivity index (χ4v) is 5.55. The van der Waals surface area contributed by atoms with Gasteiger partial charge in [-0.2, -0.15) is 0 Å². The number of aryl methyl sites for hydroxylation is 3. The summed E-state index contributed by atoms with van der Waals surface area (Å²) in [5.74, 6) is 0.162. The average molecular weight is 551 g/mol. The van der Waals surface area contributed by atoms with Gasteiger partial charge in [-0.05, 0) is 86.8 Å². The topological polar surface area (TPSA) is 77.3 Å². The summed E-state index contributed by atoms with van der Waals surface area (Å²) in [6.07, 6.45) is 6.86. The lowest BCUT2D eigenvalue weighted by molar-refractivity contribution is -0.386. The van der Waals surface area contributed by atoms with Crippen molar-refractivity contribution in [3.8, 4) is 0 Å². The van der Waals surface area contributed by atoms with Crippen molar-refractivity contribution in [2.75, 3.05) is 0 Å². The molecule has 0 radical (unpaired) electrons. The summed E-state index contributed by atoms with van der Waals surface area (Å²) in [4.78, 5) is 33.1. The number of hydrogen-bond acceptors (Lipinski definition) is 4. The number of ketones is 2. The Morgan fingerprint density at radius 3 is 2.03 bits per heavy atom. The number of benzene rings is 2. The average Bonchev–Trinajstić information content (AvgIpc) is 3.30. The van der Waals surface area contributed by atoms with Crippen molar-refractivity contribution in [3.63, 3.8) is 0 Å². The summed E-state index contributed by atoms with van der Waals surface area (Å²) in [7, 11) is 0. The second-order valence-electron chi connectivity index (χ2n) is 8.26. The highest BCUT2D eigenvalue weighted by atomic mass is 79.9. The standard InChI is InChI=1S/C12H12BrNO3.C12H13BrO/c1-7(15)5-10-11(13)6-8-3-2-4-9(8)12(10)14(16)17;1-8(14)5-11-6-9-3-2-4-10(9)7-12(11)13/h6H,2-5H2,1H3;6-7H,2-5H2,1H3. The Bertz CT molecular complexity index is 1060. The van der Waals surface area contributed by atoms with E-state index in [4.69, 9.17) is 0 Å². The number of nitro benzene ring substituents is 1. The lowest BCUT2D eigenvalue weighted by atomic mass is 10.00. The largest absolute Gasteiger partial charge is 0.300 e. The summed E-state index contributed by atoms with van der Waals surface area (Å²) < 4.78 is 1.77. The molecule has 0 heterocycles. The molecule has 4 rings (SSSR count). The maximum absolute atomic E-state index is 11.2. The maximum atomic E-state index is 11.2. The first-order chi connectivity index (χ1) is 14.7. The minimum atomic E-state index is -0.354. The van der Waals surface area contributed by atoms with Crippen molar-refractivity contribution in [1.82, 2.24) is 0 Å². The number of Topliss-reactive ketones (excluding diaryl/α,β-unsaturated/α-hetero) is 2. The molecule has 2 aliphatic rings. The maximum Gasteiger partial charge on any atom is 0.277 e. The van der Waals surface area contributed by atoms with Crippen LogP contribution in [0.25, 0.3) is 0 Å². The predicted octanol–water partition coefficient (Wildman–Crippen LogP) is 6.05. The molecule has 0 saturated carbocycles. The van der Waals surface area contributed by atoms with E-state index in [0.29, 0.717) is 16.5 Å². The third-order valence-electron chi connectivity index (χ3n) is 5.73. The van der Waals surface area contributed by atoms with Gasteiger partial charge in [0.15, 0.2) is 0 Å². The van der Waals surface area contributed by atoms with Crippen molar-refractivity contribution in [3.05, 3.63) is 70.6 Å². The molecule has 0 bridgehead atoms. The molecule has 2 aromatic rings. The van der Waals surface area contributed by atoms with Crippen LogP contribution in [-0.2, 0) is 48.1 Å². The first-order valence-electron chi connectivity index (χ1n) is 10.4. The van der Waals surface area contributed by atoms with Gasteiger partial charge in [-0.25, -0.2) is 0 Å². The van der Waals surface area contributed by atoms with E-state index in [2.05, 4.69) is 44.0 Å². The summed E-state index contributed by atoms with van der Waals surface area (Å²) in [6.45, 7) is 3.09. The highest BCUT2D eigenvalue weighted by Crippen LogP contribution is 2.38. The Hall–Kier alpha value is -1.86. The van der Waals surface area contributed by atoms with Crippen molar-refractivity contribution in [2.24, 2.45) is 0 Å². The van der Waals surface area contributed by atoms with Gasteiger partial charge in [0.2, 0.25) is 0 Å². The van der Waals surface area contributed by atoms with Gasteiger partial charge in [0.25, 0.3) is 5.69 Å². The van der Waals surface area contributed by atoms with E-state index in [9.17, 15) is 19.7 Å². The third kappa shape index (κ3) is 5.69. The van der Waals surface area contributed by atoms with Crippen molar-refractivity contribution in [1.29, 1.82) is 0 Å². The molecule has 31 heavy (non-hydrogen) atoms. The number of hydrogen-bond donors (Lipinski definition) is 0. The molecule has 0 amide bonds. The van der Waals surface area contributed by atoms with Crippen LogP contribution in [0.2, 0.25) is 0 Å². The lowest BCUT2D eigenvalue weighted by Gasteiger charge is -2.09. The van der Waals surface area contributed by atoms with Crippen molar-refractivity contribution >= 4 is 49.1 Å². The summed E-state index contributed by atoms with van der Waals surface area (Å²) in [5.41, 5.74) is 6.53. The molecule has 0 aliphatic heterocycles. The number of halogens is 2. The molecule has 2 aromatic carbocycles. The second kappa shape index (κ2) is 10.2. The van der Waals surface area contributed by atoms with E-state index in [1.165, 1.54) is 37.3 Å². The van der Waals surface area contributed by atoms with E-state index >= 15 is 0 Å². The summed E-state index contributed by atoms with van der Waals surface area (Å²) in [6, 6.07) is 6.29. The van der Waals surface area contributed by atoms with Gasteiger partial charge >= 0.3 is 0 Å². The first kappa shape index (κ1) is 23.8. The number of nitro groups is 1. The number of fused-ring (bicyclic) bond motifs is 2. The van der Waals surface area contributed by atoms with Crippen LogP contribution in [0.3, 0.4) is 0 Å². The quantitative estimate of drug-likeness (QED) is 0.335. The van der Waals surface area contributed by atoms with Crippen LogP contribution in [0.5, 0.6) is 0 Å². The first-order valence-corrected chi connectivity index (χ1v) is 12.0. The second-order valence-corrected chi connectivity index (χ2v) is 9.97. The van der Waals surface area contributed by atoms with Crippen molar-refractivity contribution < 1.29 is 14.5 Å². The fourth-order valence-electron chi connectivity index (χ4n) is 4.42. The highest BCUT2D eigenvalue weighted by Gasteiger charge is 2.28. The Morgan fingerprint density at radius 2 is 1.42 bits per heavy atom. The minimum Gasteiger partial charge on any atom is -0.300 e. The molecule has 2 aliphatic carbocycles. The van der Waals surface area contributed by atoms with Gasteiger partial charge in [0.05, 0.1) is 10.5 Å². The molecule has 0 N–H and O–H groups in total. The van der Waals surface area contributed by atoms with Crippen LogP contribution < -0.4 is 0 Å². The van der Waals surface area contributed by atoms with Crippen LogP contribution in [-0.4, -0.2) is 16.5 Å². The number of carbonyl (C=O) groups is 2. The molecule has 5 nitrogen and oxygen atoms in total. The Kier molecular flexibility index (Phi) is 7.81. The highest BCUT2D eigenvalue weighted by molar-refractivity contribution is 9.10. The minimum absolute atomic E-state index is 0.0632. The molecule has 164 valence electrons. The number of nitrogens with zero attached hydrogens (tertiary/aromatic N) is 1. The van der Waals surface area contributed by atoms with Gasteiger partial charge < -0.3 is 0 Å². The van der Waals surface area contributed by atoms with Gasteiger partial charge in [-0.3, -0.25) is 19.7 Å². The van der Waals surface area contributed by atoms with Gasteiger partial charge in [-0.1, -0.05) is 37.9 Å². The molecule has 0 saturated heterocycles. The van der Waals surface area contributed by atoms with E-state index < -0.39 is 0 Å². The Morgan fingerprint density at radius 1 is 0.871 bits per heavy atom. The lowest BCUT2D eigenvalue weighted by Crippen LogP contribution is -2.06. The molecular weight excluding hydrogens is 526 g/mol. The van der Waals surface area contributed by atoms with Crippen LogP contribution in [0.15, 0.2) is 27.1 Å². The summed E-state index contributed by atoms with van der Waals surface area (Å²) in [5, 5.41) is 11.2. The molecule has 7 heteroatoms. The normalized spacial score (nSPS) is 13.8. The zero-order valence-electron chi connectivity index (χ0n) is 17.7. The zero-order valence-corrected chi connectivity index (χ0v) is 20.9. The molecule has 0 fully saturated rings. The predicted molar refractivity (Wildman–Crippen MR) is 128 cm³/mol. The number of rotatable bonds is 5. The zero-order chi connectivity index (χ0) is 22.7. The molecule has 0 spiro atoms. The molecule has 0 aromatic heterocycles. The number of carbonyl (C=O) groups excluding carboxylic acids is 2. The van der Waals surface area contributed by atoms with E-state index in [1.54, 1.807) is 6.92 Å². The van der Waals surface area contributed by atoms with E-state index in [0.717, 1.165) is 40.4 Å². The molecule has 0 atom stereocenters. The summed E-state index contributed by atoms with van der Waals surface area (Å²) >= 11 is 6.87. The smallest absolute Gasteiger partial charge is 0.277 e. The van der Waals surface area contributed by atoms with Crippen LogP contribution in [0.4, 0.5) is 5.69 Å². The van der Waals surface area contributed by atoms with E-state index in [-0.39, 0.29) is 28.6 Å². The monoisotopic (exact) mass is 549 g/mol. The van der Waals surface area contributed by atoms with Gasteiger partial charge in [0.1, 0.15) is 11.6 Å². The van der Waals surface area contributed by atoms with Gasteiger partial charge in [0, 0.05) is 27.4 Å². The third-order valence-corrected chi connectivity index (χ3v) is 7.18. The van der Waals surface area contributed by atoms with Crippen LogP contribution in [0, 0.1) is 10.1 Å². The van der Waals surface area contributed by atoms with Crippen LogP contribution >= 0.6 is 31.9 Å². The SMILES string of the molecule is CC(=O)Cc1c(Br)cc2c(c1[N+](=O)[O-])CCC2.CC(=O)Cc1cc2c(cc1Br)CCC2. The van der Waals surface area contributed by atoms with Crippen molar-refractivity contribution in [2.45, 2.75) is 65.2 Å². The molecular formula is C24H25Br2NO4. The van der Waals surface area contributed by atoms with E-state index in [1.807, 2.05) is 6.07 Å². The Labute approximate surface area is 199 Å². The fraction of sp³-hybridized carbons (Fsp3) is 0.417. The van der Waals surface area contributed by atoms with Gasteiger partial charge in [-0.15, -0.1) is 0 Å². The molecule has 0 unspecified atom stereocenters.